The van der Waals surface area contributed by atoms with Gasteiger partial charge in [-0.1, -0.05) is 18.2 Å². The zero-order valence-electron chi connectivity index (χ0n) is 11.2. The molecule has 1 aliphatic carbocycles. The molecule has 19 heavy (non-hydrogen) atoms. The van der Waals surface area contributed by atoms with E-state index in [4.69, 9.17) is 0 Å². The van der Waals surface area contributed by atoms with Gasteiger partial charge in [0.1, 0.15) is 5.78 Å². The number of Topliss-reactive ketones (excluding diaryl/α,β-unsaturated/α-hetero) is 1. The number of carbonyl (C=O) groups is 1. The Morgan fingerprint density at radius 2 is 1.95 bits per heavy atom. The average molecular weight is 281 g/mol. The van der Waals surface area contributed by atoms with Crippen molar-refractivity contribution in [2.45, 2.75) is 44.0 Å². The summed E-state index contributed by atoms with van der Waals surface area (Å²) in [5.74, 6) is 0.293. The number of ketones is 1. The molecule has 0 radical (unpaired) electrons. The lowest BCUT2D eigenvalue weighted by molar-refractivity contribution is -0.119. The molecule has 1 fully saturated rings. The van der Waals surface area contributed by atoms with Gasteiger partial charge in [0.15, 0.2) is 0 Å². The fourth-order valence-electron chi connectivity index (χ4n) is 2.02. The minimum atomic E-state index is -3.54. The summed E-state index contributed by atoms with van der Waals surface area (Å²) in [5, 5.41) is 0. The second kappa shape index (κ2) is 5.43. The first-order valence-corrected chi connectivity index (χ1v) is 8.01. The summed E-state index contributed by atoms with van der Waals surface area (Å²) < 4.78 is 27.0. The molecule has 0 aliphatic heterocycles. The first kappa shape index (κ1) is 14.2. The Kier molecular flexibility index (Phi) is 4.06. The zero-order valence-corrected chi connectivity index (χ0v) is 12.0. The van der Waals surface area contributed by atoms with Crippen LogP contribution < -0.4 is 4.72 Å². The Morgan fingerprint density at radius 1 is 1.32 bits per heavy atom. The molecule has 1 aliphatic rings. The van der Waals surface area contributed by atoms with Gasteiger partial charge in [0.05, 0.1) is 4.90 Å². The van der Waals surface area contributed by atoms with E-state index in [1.165, 1.54) is 0 Å². The fourth-order valence-corrected chi connectivity index (χ4v) is 3.51. The van der Waals surface area contributed by atoms with Gasteiger partial charge in [-0.25, -0.2) is 13.1 Å². The number of hydrogen-bond donors (Lipinski definition) is 1. The van der Waals surface area contributed by atoms with Gasteiger partial charge >= 0.3 is 0 Å². The van der Waals surface area contributed by atoms with E-state index in [0.717, 1.165) is 12.8 Å². The highest BCUT2D eigenvalue weighted by molar-refractivity contribution is 7.89. The molecule has 0 heterocycles. The Balaban J connectivity index is 2.27. The Hall–Kier alpha value is -1.20. The summed E-state index contributed by atoms with van der Waals surface area (Å²) in [6, 6.07) is 6.55. The first-order chi connectivity index (χ1) is 8.90. The molecule has 104 valence electrons. The third-order valence-corrected chi connectivity index (χ3v) is 4.81. The van der Waals surface area contributed by atoms with E-state index in [2.05, 4.69) is 4.72 Å². The minimum Gasteiger partial charge on any atom is -0.299 e. The van der Waals surface area contributed by atoms with Crippen molar-refractivity contribution in [2.24, 2.45) is 5.92 Å². The maximum Gasteiger partial charge on any atom is 0.241 e. The molecule has 0 amide bonds. The molecule has 0 bridgehead atoms. The van der Waals surface area contributed by atoms with Crippen molar-refractivity contribution >= 4 is 15.8 Å². The monoisotopic (exact) mass is 281 g/mol. The van der Waals surface area contributed by atoms with Crippen molar-refractivity contribution in [3.63, 3.8) is 0 Å². The second-order valence-electron chi connectivity index (χ2n) is 5.30. The van der Waals surface area contributed by atoms with Crippen molar-refractivity contribution in [3.8, 4) is 0 Å². The van der Waals surface area contributed by atoms with Crippen LogP contribution in [0.25, 0.3) is 0 Å². The van der Waals surface area contributed by atoms with Crippen LogP contribution in [0.2, 0.25) is 0 Å². The minimum absolute atomic E-state index is 0.146. The molecule has 1 aromatic rings. The predicted octanol–water partition coefficient (Wildman–Crippen LogP) is 1.89. The van der Waals surface area contributed by atoms with Crippen LogP contribution in [0.3, 0.4) is 0 Å². The summed E-state index contributed by atoms with van der Waals surface area (Å²) in [4.78, 5) is 12.1. The van der Waals surface area contributed by atoms with Gasteiger partial charge in [0, 0.05) is 18.4 Å². The molecule has 5 heteroatoms. The zero-order chi connectivity index (χ0) is 14.0. The highest BCUT2D eigenvalue weighted by Gasteiger charge is 2.30. The quantitative estimate of drug-likeness (QED) is 0.866. The normalized spacial score (nSPS) is 15.7. The van der Waals surface area contributed by atoms with Crippen LogP contribution in [-0.2, 0) is 21.2 Å². The molecule has 4 nitrogen and oxygen atoms in total. The molecule has 1 N–H and O–H groups in total. The highest BCUT2D eigenvalue weighted by atomic mass is 32.2. The van der Waals surface area contributed by atoms with Crippen LogP contribution in [-0.4, -0.2) is 20.2 Å². The molecule has 1 aromatic carbocycles. The van der Waals surface area contributed by atoms with Gasteiger partial charge < -0.3 is 0 Å². The standard InChI is InChI=1S/C14H19NO3S/c1-10(2)15-19(17,18)14-6-4-3-5-12(14)9-13(16)11-7-8-11/h3-6,10-11,15H,7-9H2,1-2H3. The van der Waals surface area contributed by atoms with Gasteiger partial charge in [0.2, 0.25) is 10.0 Å². The van der Waals surface area contributed by atoms with Crippen LogP contribution in [0.4, 0.5) is 0 Å². The smallest absolute Gasteiger partial charge is 0.241 e. The van der Waals surface area contributed by atoms with E-state index in [-0.39, 0.29) is 29.1 Å². The van der Waals surface area contributed by atoms with Crippen LogP contribution in [0, 0.1) is 5.92 Å². The van der Waals surface area contributed by atoms with Gasteiger partial charge in [-0.3, -0.25) is 4.79 Å². The third kappa shape index (κ3) is 3.64. The summed E-state index contributed by atoms with van der Waals surface area (Å²) in [5.41, 5.74) is 0.590. The topological polar surface area (TPSA) is 63.2 Å². The van der Waals surface area contributed by atoms with E-state index in [1.807, 2.05) is 0 Å². The van der Waals surface area contributed by atoms with Crippen LogP contribution in [0.15, 0.2) is 29.2 Å². The number of rotatable bonds is 6. The second-order valence-corrected chi connectivity index (χ2v) is 6.98. The van der Waals surface area contributed by atoms with E-state index in [0.29, 0.717) is 5.56 Å². The number of hydrogen-bond acceptors (Lipinski definition) is 3. The van der Waals surface area contributed by atoms with Crippen LogP contribution >= 0.6 is 0 Å². The number of benzene rings is 1. The molecule has 2 rings (SSSR count). The molecular weight excluding hydrogens is 262 g/mol. The number of sulfonamides is 1. The van der Waals surface area contributed by atoms with Crippen molar-refractivity contribution in [1.82, 2.24) is 4.72 Å². The van der Waals surface area contributed by atoms with Gasteiger partial charge in [-0.2, -0.15) is 0 Å². The SMILES string of the molecule is CC(C)NS(=O)(=O)c1ccccc1CC(=O)C1CC1. The van der Waals surface area contributed by atoms with Crippen molar-refractivity contribution in [2.75, 3.05) is 0 Å². The molecule has 0 aromatic heterocycles. The van der Waals surface area contributed by atoms with Gasteiger partial charge in [0.25, 0.3) is 0 Å². The van der Waals surface area contributed by atoms with E-state index in [9.17, 15) is 13.2 Å². The number of nitrogens with one attached hydrogen (secondary N) is 1. The highest BCUT2D eigenvalue weighted by Crippen LogP contribution is 2.31. The summed E-state index contributed by atoms with van der Waals surface area (Å²) in [7, 11) is -3.54. The molecule has 0 saturated heterocycles. The van der Waals surface area contributed by atoms with Crippen LogP contribution in [0.5, 0.6) is 0 Å². The Bertz CT molecular complexity index is 574. The fraction of sp³-hybridized carbons (Fsp3) is 0.500. The van der Waals surface area contributed by atoms with Crippen LogP contribution in [0.1, 0.15) is 32.3 Å². The van der Waals surface area contributed by atoms with Gasteiger partial charge in [-0.15, -0.1) is 0 Å². The average Bonchev–Trinajstić information content (AvgIpc) is 3.11. The maximum atomic E-state index is 12.2. The van der Waals surface area contributed by atoms with Crippen molar-refractivity contribution in [3.05, 3.63) is 29.8 Å². The van der Waals surface area contributed by atoms with E-state index < -0.39 is 10.0 Å². The Labute approximate surface area is 114 Å². The van der Waals surface area contributed by atoms with Gasteiger partial charge in [-0.05, 0) is 38.3 Å². The lowest BCUT2D eigenvalue weighted by Crippen LogP contribution is -2.31. The maximum absolute atomic E-state index is 12.2. The molecule has 0 unspecified atom stereocenters. The van der Waals surface area contributed by atoms with Crippen molar-refractivity contribution < 1.29 is 13.2 Å². The lowest BCUT2D eigenvalue weighted by atomic mass is 10.1. The van der Waals surface area contributed by atoms with E-state index in [1.54, 1.807) is 38.1 Å². The molecule has 0 spiro atoms. The summed E-state index contributed by atoms with van der Waals surface area (Å²) >= 11 is 0. The first-order valence-electron chi connectivity index (χ1n) is 6.53. The number of carbonyl (C=O) groups excluding carboxylic acids is 1. The molecular formula is C14H19NO3S. The largest absolute Gasteiger partial charge is 0.299 e. The molecule has 1 saturated carbocycles. The van der Waals surface area contributed by atoms with E-state index >= 15 is 0 Å². The van der Waals surface area contributed by atoms with Crippen molar-refractivity contribution in [1.29, 1.82) is 0 Å². The lowest BCUT2D eigenvalue weighted by Gasteiger charge is -2.13. The molecule has 0 atom stereocenters. The third-order valence-electron chi connectivity index (χ3n) is 3.05. The summed E-state index contributed by atoms with van der Waals surface area (Å²) in [6.07, 6.45) is 2.09. The summed E-state index contributed by atoms with van der Waals surface area (Å²) in [6.45, 7) is 3.55. The predicted molar refractivity (Wildman–Crippen MR) is 73.3 cm³/mol. The Morgan fingerprint density at radius 3 is 2.53 bits per heavy atom.